The summed E-state index contributed by atoms with van der Waals surface area (Å²) in [4.78, 5) is 11.1. The number of rotatable bonds is 12. The Bertz CT molecular complexity index is 231. The summed E-state index contributed by atoms with van der Waals surface area (Å²) in [6, 6.07) is 0.497. The quantitative estimate of drug-likeness (QED) is 0.543. The molecule has 0 aliphatic rings. The first-order valence-corrected chi connectivity index (χ1v) is 8.55. The first-order chi connectivity index (χ1) is 10.4. The molecule has 5 heteroatoms. The van der Waals surface area contributed by atoms with E-state index in [9.17, 15) is 4.79 Å². The number of carbonyl (C=O) groups is 1. The predicted molar refractivity (Wildman–Crippen MR) is 93.2 cm³/mol. The molecule has 0 heterocycles. The molecule has 0 aromatic heterocycles. The fourth-order valence-corrected chi connectivity index (χ4v) is 1.32. The molecule has 0 aliphatic heterocycles. The van der Waals surface area contributed by atoms with Crippen molar-refractivity contribution in [3.05, 3.63) is 0 Å². The third-order valence-corrected chi connectivity index (χ3v) is 2.22. The molecule has 0 aliphatic carbocycles. The van der Waals surface area contributed by atoms with E-state index in [2.05, 4.69) is 45.3 Å². The van der Waals surface area contributed by atoms with Gasteiger partial charge in [-0.3, -0.25) is 4.79 Å². The van der Waals surface area contributed by atoms with Crippen LogP contribution in [0.15, 0.2) is 0 Å². The molecular formula is C17H38N2O3. The van der Waals surface area contributed by atoms with E-state index in [-0.39, 0.29) is 5.91 Å². The Morgan fingerprint density at radius 2 is 1.41 bits per heavy atom. The van der Waals surface area contributed by atoms with Crippen LogP contribution in [-0.4, -0.2) is 51.5 Å². The van der Waals surface area contributed by atoms with Crippen molar-refractivity contribution in [3.8, 4) is 0 Å². The maximum atomic E-state index is 11.1. The molecule has 22 heavy (non-hydrogen) atoms. The number of carbonyl (C=O) groups excluding carboxylic acids is 1. The van der Waals surface area contributed by atoms with Crippen molar-refractivity contribution in [2.24, 2.45) is 5.92 Å². The lowest BCUT2D eigenvalue weighted by atomic mass is 10.3. The fraction of sp³-hybridized carbons (Fsp3) is 0.941. The lowest BCUT2D eigenvalue weighted by Crippen LogP contribution is -2.28. The van der Waals surface area contributed by atoms with Crippen molar-refractivity contribution in [2.45, 2.75) is 60.4 Å². The predicted octanol–water partition coefficient (Wildman–Crippen LogP) is 2.60. The van der Waals surface area contributed by atoms with Crippen LogP contribution < -0.4 is 10.6 Å². The van der Waals surface area contributed by atoms with Crippen LogP contribution in [0.25, 0.3) is 0 Å². The lowest BCUT2D eigenvalue weighted by Gasteiger charge is -2.09. The maximum absolute atomic E-state index is 11.1. The second kappa shape index (κ2) is 18.4. The smallest absolute Gasteiger partial charge is 0.220 e. The monoisotopic (exact) mass is 318 g/mol. The molecule has 0 saturated carbocycles. The number of nitrogens with one attached hydrogen (secondary N) is 2. The second-order valence-electron chi connectivity index (χ2n) is 6.17. The number of hydrogen-bond donors (Lipinski definition) is 2. The molecule has 0 radical (unpaired) electrons. The van der Waals surface area contributed by atoms with Gasteiger partial charge in [-0.1, -0.05) is 41.5 Å². The van der Waals surface area contributed by atoms with Gasteiger partial charge in [-0.05, 0) is 12.3 Å². The van der Waals surface area contributed by atoms with Crippen LogP contribution >= 0.6 is 0 Å². The highest BCUT2D eigenvalue weighted by Crippen LogP contribution is 1.85. The van der Waals surface area contributed by atoms with Crippen LogP contribution in [0.4, 0.5) is 0 Å². The van der Waals surface area contributed by atoms with E-state index in [4.69, 9.17) is 9.47 Å². The first-order valence-electron chi connectivity index (χ1n) is 8.55. The van der Waals surface area contributed by atoms with Gasteiger partial charge < -0.3 is 20.1 Å². The molecule has 5 nitrogen and oxygen atoms in total. The zero-order valence-electron chi connectivity index (χ0n) is 15.5. The minimum Gasteiger partial charge on any atom is -0.378 e. The van der Waals surface area contributed by atoms with Gasteiger partial charge in [-0.2, -0.15) is 0 Å². The number of hydrogen-bond acceptors (Lipinski definition) is 4. The summed E-state index contributed by atoms with van der Waals surface area (Å²) >= 11 is 0. The molecule has 0 aromatic rings. The fourth-order valence-electron chi connectivity index (χ4n) is 1.32. The Hall–Kier alpha value is -0.650. The molecule has 0 fully saturated rings. The Morgan fingerprint density at radius 3 is 1.86 bits per heavy atom. The van der Waals surface area contributed by atoms with Gasteiger partial charge >= 0.3 is 0 Å². The summed E-state index contributed by atoms with van der Waals surface area (Å²) in [5.41, 5.74) is 0. The second-order valence-corrected chi connectivity index (χ2v) is 6.17. The van der Waals surface area contributed by atoms with Gasteiger partial charge in [-0.25, -0.2) is 0 Å². The van der Waals surface area contributed by atoms with Crippen LogP contribution in [0, 0.1) is 5.92 Å². The van der Waals surface area contributed by atoms with Gasteiger partial charge in [0.2, 0.25) is 5.91 Å². The molecule has 0 bridgehead atoms. The zero-order valence-corrected chi connectivity index (χ0v) is 15.5. The van der Waals surface area contributed by atoms with Crippen molar-refractivity contribution in [3.63, 3.8) is 0 Å². The van der Waals surface area contributed by atoms with E-state index >= 15 is 0 Å². The Kier molecular flexibility index (Phi) is 19.7. The van der Waals surface area contributed by atoms with Gasteiger partial charge in [0.05, 0.1) is 26.4 Å². The summed E-state index contributed by atoms with van der Waals surface area (Å²) in [5, 5.41) is 6.06. The lowest BCUT2D eigenvalue weighted by molar-refractivity contribution is -0.121. The Morgan fingerprint density at radius 1 is 0.909 bits per heavy atom. The van der Waals surface area contributed by atoms with Crippen LogP contribution in [-0.2, 0) is 14.3 Å². The average Bonchev–Trinajstić information content (AvgIpc) is 2.40. The normalized spacial score (nSPS) is 10.5. The molecule has 1 amide bonds. The van der Waals surface area contributed by atoms with Gasteiger partial charge in [0.1, 0.15) is 0 Å². The molecule has 0 atom stereocenters. The highest BCUT2D eigenvalue weighted by atomic mass is 16.5. The molecule has 0 spiro atoms. The first kappa shape index (κ1) is 23.6. The summed E-state index contributed by atoms with van der Waals surface area (Å²) in [6.07, 6.45) is 1.47. The Labute approximate surface area is 137 Å². The van der Waals surface area contributed by atoms with Crippen LogP contribution in [0.3, 0.4) is 0 Å². The van der Waals surface area contributed by atoms with E-state index < -0.39 is 0 Å². The van der Waals surface area contributed by atoms with Gasteiger partial charge in [0, 0.05) is 25.6 Å². The average molecular weight is 319 g/mol. The van der Waals surface area contributed by atoms with Crippen molar-refractivity contribution >= 4 is 5.91 Å². The highest BCUT2D eigenvalue weighted by Gasteiger charge is 1.97. The molecule has 2 N–H and O–H groups in total. The molecule has 0 aromatic carbocycles. The standard InChI is InChI=1S/C13H28N2O3.C4H10/c1-4-5-13(16)15-7-9-18-11-10-17-8-6-14-12(2)3;1-4(2)3/h12,14H,4-11H2,1-3H3,(H,15,16);4H,1-3H3. The SMILES string of the molecule is CC(C)C.CCCC(=O)NCCOCCOCCNC(C)C. The van der Waals surface area contributed by atoms with Crippen molar-refractivity contribution in [1.29, 1.82) is 0 Å². The highest BCUT2D eigenvalue weighted by molar-refractivity contribution is 5.75. The summed E-state index contributed by atoms with van der Waals surface area (Å²) < 4.78 is 10.7. The molecule has 0 rings (SSSR count). The van der Waals surface area contributed by atoms with E-state index in [0.717, 1.165) is 18.9 Å². The van der Waals surface area contributed by atoms with Crippen LogP contribution in [0.2, 0.25) is 0 Å². The van der Waals surface area contributed by atoms with E-state index in [1.807, 2.05) is 6.92 Å². The van der Waals surface area contributed by atoms with Crippen LogP contribution in [0.1, 0.15) is 54.4 Å². The van der Waals surface area contributed by atoms with Crippen LogP contribution in [0.5, 0.6) is 0 Å². The summed E-state index contributed by atoms with van der Waals surface area (Å²) in [7, 11) is 0. The minimum absolute atomic E-state index is 0.0945. The van der Waals surface area contributed by atoms with E-state index in [0.29, 0.717) is 45.4 Å². The molecular weight excluding hydrogens is 280 g/mol. The molecule has 0 unspecified atom stereocenters. The van der Waals surface area contributed by atoms with Crippen molar-refractivity contribution in [1.82, 2.24) is 10.6 Å². The topological polar surface area (TPSA) is 59.6 Å². The molecule has 134 valence electrons. The van der Waals surface area contributed by atoms with E-state index in [1.54, 1.807) is 0 Å². The largest absolute Gasteiger partial charge is 0.378 e. The third kappa shape index (κ3) is 27.7. The number of amides is 1. The summed E-state index contributed by atoms with van der Waals surface area (Å²) in [6.45, 7) is 16.6. The zero-order chi connectivity index (χ0) is 17.2. The molecule has 0 saturated heterocycles. The van der Waals surface area contributed by atoms with Gasteiger partial charge in [-0.15, -0.1) is 0 Å². The van der Waals surface area contributed by atoms with Crippen molar-refractivity contribution < 1.29 is 14.3 Å². The number of ether oxygens (including phenoxy) is 2. The summed E-state index contributed by atoms with van der Waals surface area (Å²) in [5.74, 6) is 0.928. The van der Waals surface area contributed by atoms with E-state index in [1.165, 1.54) is 0 Å². The Balaban J connectivity index is 0. The van der Waals surface area contributed by atoms with Crippen molar-refractivity contribution in [2.75, 3.05) is 39.5 Å². The third-order valence-electron chi connectivity index (χ3n) is 2.22. The maximum Gasteiger partial charge on any atom is 0.220 e. The minimum atomic E-state index is 0.0945. The van der Waals surface area contributed by atoms with Gasteiger partial charge in [0.15, 0.2) is 0 Å². The van der Waals surface area contributed by atoms with Gasteiger partial charge in [0.25, 0.3) is 0 Å².